The van der Waals surface area contributed by atoms with Gasteiger partial charge >= 0.3 is 0 Å². The van der Waals surface area contributed by atoms with Crippen molar-refractivity contribution in [1.82, 2.24) is 0 Å². The van der Waals surface area contributed by atoms with Crippen LogP contribution in [0.2, 0.25) is 0 Å². The van der Waals surface area contributed by atoms with Crippen molar-refractivity contribution >= 4 is 11.9 Å². The average molecular weight is 128 g/mol. The van der Waals surface area contributed by atoms with Crippen molar-refractivity contribution in [2.24, 2.45) is 10.3 Å². The number of nitrogens with zero attached hydrogens (tertiary/aromatic N) is 2. The minimum absolute atomic E-state index is 0.208. The lowest BCUT2D eigenvalue weighted by atomic mass is 10.4. The Labute approximate surface area is 52.8 Å². The topological polar surface area (TPSA) is 65.2 Å². The van der Waals surface area contributed by atoms with Crippen LogP contribution in [0.4, 0.5) is 0 Å². The fraction of sp³-hybridized carbons (Fsp3) is 0.200. The van der Waals surface area contributed by atoms with Crippen LogP contribution in [0.5, 0.6) is 0 Å². The Morgan fingerprint density at radius 3 is 2.44 bits per heavy atom. The summed E-state index contributed by atoms with van der Waals surface area (Å²) in [5.41, 5.74) is 0.208. The SMILES string of the molecule is CC=CC(C=NO)=NO. The molecule has 0 aromatic heterocycles. The first-order valence-electron chi connectivity index (χ1n) is 2.37. The summed E-state index contributed by atoms with van der Waals surface area (Å²) in [6.07, 6.45) is 4.19. The van der Waals surface area contributed by atoms with Crippen molar-refractivity contribution in [1.29, 1.82) is 0 Å². The number of rotatable bonds is 2. The highest BCUT2D eigenvalue weighted by molar-refractivity contribution is 6.35. The van der Waals surface area contributed by atoms with Crippen molar-refractivity contribution in [3.63, 3.8) is 0 Å². The molecule has 0 heterocycles. The molecule has 2 N–H and O–H groups in total. The van der Waals surface area contributed by atoms with Gasteiger partial charge in [-0.2, -0.15) is 0 Å². The molecule has 0 fully saturated rings. The number of oxime groups is 2. The van der Waals surface area contributed by atoms with Gasteiger partial charge < -0.3 is 10.4 Å². The zero-order valence-corrected chi connectivity index (χ0v) is 5.02. The first-order chi connectivity index (χ1) is 4.35. The number of hydrogen-bond donors (Lipinski definition) is 2. The van der Waals surface area contributed by atoms with Gasteiger partial charge in [-0.05, 0) is 13.0 Å². The van der Waals surface area contributed by atoms with Gasteiger partial charge in [-0.3, -0.25) is 0 Å². The normalized spacial score (nSPS) is 13.7. The van der Waals surface area contributed by atoms with Crippen molar-refractivity contribution < 1.29 is 10.4 Å². The van der Waals surface area contributed by atoms with E-state index in [0.29, 0.717) is 0 Å². The van der Waals surface area contributed by atoms with E-state index in [-0.39, 0.29) is 5.71 Å². The highest BCUT2D eigenvalue weighted by Crippen LogP contribution is 1.75. The predicted octanol–water partition coefficient (Wildman–Crippen LogP) is 0.853. The van der Waals surface area contributed by atoms with E-state index in [0.717, 1.165) is 6.21 Å². The lowest BCUT2D eigenvalue weighted by molar-refractivity contribution is 0.316. The summed E-state index contributed by atoms with van der Waals surface area (Å²) in [5.74, 6) is 0. The molecular formula is C5H8N2O2. The molecule has 0 spiro atoms. The zero-order valence-electron chi connectivity index (χ0n) is 5.02. The van der Waals surface area contributed by atoms with Crippen LogP contribution in [0, 0.1) is 0 Å². The van der Waals surface area contributed by atoms with Crippen LogP contribution in [0.3, 0.4) is 0 Å². The van der Waals surface area contributed by atoms with Gasteiger partial charge in [0, 0.05) is 0 Å². The molecule has 4 heteroatoms. The van der Waals surface area contributed by atoms with E-state index in [2.05, 4.69) is 10.3 Å². The molecule has 9 heavy (non-hydrogen) atoms. The summed E-state index contributed by atoms with van der Waals surface area (Å²) in [5, 5.41) is 21.5. The first-order valence-corrected chi connectivity index (χ1v) is 2.37. The van der Waals surface area contributed by atoms with Crippen LogP contribution in [0.15, 0.2) is 22.5 Å². The minimum atomic E-state index is 0.208. The molecule has 0 saturated heterocycles. The van der Waals surface area contributed by atoms with Crippen molar-refractivity contribution in [2.45, 2.75) is 6.92 Å². The molecule has 4 nitrogen and oxygen atoms in total. The smallest absolute Gasteiger partial charge is 0.123 e. The van der Waals surface area contributed by atoms with E-state index < -0.39 is 0 Å². The largest absolute Gasteiger partial charge is 0.411 e. The second-order valence-corrected chi connectivity index (χ2v) is 1.27. The Balaban J connectivity index is 4.01. The Morgan fingerprint density at radius 1 is 1.44 bits per heavy atom. The molecular weight excluding hydrogens is 120 g/mol. The fourth-order valence-electron chi connectivity index (χ4n) is 0.332. The molecule has 0 aliphatic rings. The summed E-state index contributed by atoms with van der Waals surface area (Å²) in [7, 11) is 0. The maximum Gasteiger partial charge on any atom is 0.123 e. The van der Waals surface area contributed by atoms with E-state index in [1.807, 2.05) is 0 Å². The summed E-state index contributed by atoms with van der Waals surface area (Å²) >= 11 is 0. The van der Waals surface area contributed by atoms with Crippen LogP contribution in [0.1, 0.15) is 6.92 Å². The van der Waals surface area contributed by atoms with Crippen molar-refractivity contribution in [3.8, 4) is 0 Å². The average Bonchev–Trinajstić information content (AvgIpc) is 1.88. The van der Waals surface area contributed by atoms with Gasteiger partial charge in [0.1, 0.15) is 5.71 Å². The van der Waals surface area contributed by atoms with Gasteiger partial charge in [0.05, 0.1) is 6.21 Å². The number of allylic oxidation sites excluding steroid dienone is 2. The second-order valence-electron chi connectivity index (χ2n) is 1.27. The fourth-order valence-corrected chi connectivity index (χ4v) is 0.332. The molecule has 0 radical (unpaired) electrons. The zero-order chi connectivity index (χ0) is 7.11. The van der Waals surface area contributed by atoms with Gasteiger partial charge in [0.25, 0.3) is 0 Å². The van der Waals surface area contributed by atoms with E-state index in [9.17, 15) is 0 Å². The Morgan fingerprint density at radius 2 is 2.11 bits per heavy atom. The third-order valence-corrected chi connectivity index (χ3v) is 0.643. The Hall–Kier alpha value is -1.32. The molecule has 0 aliphatic heterocycles. The van der Waals surface area contributed by atoms with Gasteiger partial charge in [0.15, 0.2) is 0 Å². The van der Waals surface area contributed by atoms with Gasteiger partial charge in [-0.25, -0.2) is 0 Å². The summed E-state index contributed by atoms with van der Waals surface area (Å²) in [6.45, 7) is 1.76. The molecule has 0 saturated carbocycles. The second kappa shape index (κ2) is 4.83. The highest BCUT2D eigenvalue weighted by Gasteiger charge is 1.84. The van der Waals surface area contributed by atoms with Gasteiger partial charge in [-0.15, -0.1) is 0 Å². The standard InChI is InChI=1S/C5H8N2O2/c1-2-3-5(7-9)4-6-8/h2-4,8-9H,1H3. The Bertz CT molecular complexity index is 135. The summed E-state index contributed by atoms with van der Waals surface area (Å²) in [4.78, 5) is 0. The molecule has 0 aromatic carbocycles. The third kappa shape index (κ3) is 3.28. The van der Waals surface area contributed by atoms with E-state index in [1.54, 1.807) is 13.0 Å². The van der Waals surface area contributed by atoms with Crippen molar-refractivity contribution in [3.05, 3.63) is 12.2 Å². The van der Waals surface area contributed by atoms with Crippen LogP contribution < -0.4 is 0 Å². The molecule has 0 rings (SSSR count). The minimum Gasteiger partial charge on any atom is -0.411 e. The lowest BCUT2D eigenvalue weighted by Gasteiger charge is -1.81. The monoisotopic (exact) mass is 128 g/mol. The lowest BCUT2D eigenvalue weighted by Crippen LogP contribution is -1.93. The van der Waals surface area contributed by atoms with E-state index in [1.165, 1.54) is 6.08 Å². The van der Waals surface area contributed by atoms with Crippen LogP contribution in [-0.4, -0.2) is 22.3 Å². The quantitative estimate of drug-likeness (QED) is 0.329. The summed E-state index contributed by atoms with van der Waals surface area (Å²) in [6, 6.07) is 0. The molecule has 0 aliphatic carbocycles. The molecule has 0 unspecified atom stereocenters. The maximum atomic E-state index is 8.12. The van der Waals surface area contributed by atoms with Crippen LogP contribution >= 0.6 is 0 Å². The van der Waals surface area contributed by atoms with Crippen LogP contribution in [-0.2, 0) is 0 Å². The maximum absolute atomic E-state index is 8.12. The van der Waals surface area contributed by atoms with E-state index >= 15 is 0 Å². The highest BCUT2D eigenvalue weighted by atomic mass is 16.4. The van der Waals surface area contributed by atoms with Gasteiger partial charge in [0.2, 0.25) is 0 Å². The predicted molar refractivity (Wildman–Crippen MR) is 34.3 cm³/mol. The molecule has 0 amide bonds. The van der Waals surface area contributed by atoms with E-state index in [4.69, 9.17) is 10.4 Å². The molecule has 0 bridgehead atoms. The summed E-state index contributed by atoms with van der Waals surface area (Å²) < 4.78 is 0. The number of hydrogen-bond acceptors (Lipinski definition) is 4. The molecule has 50 valence electrons. The van der Waals surface area contributed by atoms with Crippen molar-refractivity contribution in [2.75, 3.05) is 0 Å². The third-order valence-electron chi connectivity index (χ3n) is 0.643. The van der Waals surface area contributed by atoms with Gasteiger partial charge in [-0.1, -0.05) is 16.4 Å². The Kier molecular flexibility index (Phi) is 4.12. The van der Waals surface area contributed by atoms with Crippen LogP contribution in [0.25, 0.3) is 0 Å². The molecule has 0 aromatic rings. The first kappa shape index (κ1) is 7.68. The molecule has 0 atom stereocenters.